The largest absolute Gasteiger partial charge is 0.317 e. The Morgan fingerprint density at radius 1 is 0.889 bits per heavy atom. The fourth-order valence-corrected chi connectivity index (χ4v) is 2.45. The normalized spacial score (nSPS) is 12.6. The summed E-state index contributed by atoms with van der Waals surface area (Å²) in [7, 11) is 2.08. The summed E-state index contributed by atoms with van der Waals surface area (Å²) >= 11 is 0. The van der Waals surface area contributed by atoms with Gasteiger partial charge in [-0.15, -0.1) is 6.58 Å². The predicted molar refractivity (Wildman–Crippen MR) is 84.1 cm³/mol. The Hall–Kier alpha value is -0.300. The van der Waals surface area contributed by atoms with Crippen molar-refractivity contribution in [2.24, 2.45) is 0 Å². The van der Waals surface area contributed by atoms with E-state index in [9.17, 15) is 0 Å². The van der Waals surface area contributed by atoms with Gasteiger partial charge in [0.25, 0.3) is 0 Å². The zero-order chi connectivity index (χ0) is 13.5. The number of unbranched alkanes of at least 4 members (excludes halogenated alkanes) is 8. The third-order valence-corrected chi connectivity index (χ3v) is 3.78. The monoisotopic (exact) mass is 253 g/mol. The van der Waals surface area contributed by atoms with Crippen molar-refractivity contribution >= 4 is 0 Å². The van der Waals surface area contributed by atoms with Crippen molar-refractivity contribution in [3.8, 4) is 0 Å². The highest BCUT2D eigenvalue weighted by atomic mass is 14.9. The summed E-state index contributed by atoms with van der Waals surface area (Å²) in [5, 5.41) is 3.41. The van der Waals surface area contributed by atoms with Crippen LogP contribution in [0.3, 0.4) is 0 Å². The number of nitrogens with one attached hydrogen (secondary N) is 1. The van der Waals surface area contributed by atoms with Gasteiger partial charge in [-0.05, 0) is 26.3 Å². The molecule has 0 heterocycles. The van der Waals surface area contributed by atoms with E-state index in [0.717, 1.165) is 6.42 Å². The van der Waals surface area contributed by atoms with E-state index in [1.807, 2.05) is 6.08 Å². The Balaban J connectivity index is 3.19. The highest BCUT2D eigenvalue weighted by molar-refractivity contribution is 4.72. The average molecular weight is 253 g/mol. The van der Waals surface area contributed by atoms with Crippen molar-refractivity contribution in [2.75, 3.05) is 7.05 Å². The van der Waals surface area contributed by atoms with Crippen LogP contribution >= 0.6 is 0 Å². The number of rotatable bonds is 14. The van der Waals surface area contributed by atoms with Gasteiger partial charge < -0.3 is 5.32 Å². The summed E-state index contributed by atoms with van der Waals surface area (Å²) in [6.45, 7) is 6.07. The minimum absolute atomic E-state index is 0.701. The second-order valence-electron chi connectivity index (χ2n) is 5.47. The van der Waals surface area contributed by atoms with Crippen LogP contribution < -0.4 is 5.32 Å². The topological polar surface area (TPSA) is 12.0 Å². The van der Waals surface area contributed by atoms with Gasteiger partial charge in [0.1, 0.15) is 0 Å². The maximum atomic E-state index is 3.79. The van der Waals surface area contributed by atoms with Crippen LogP contribution in [-0.2, 0) is 0 Å². The number of allylic oxidation sites excluding steroid dienone is 1. The molecular weight excluding hydrogens is 218 g/mol. The van der Waals surface area contributed by atoms with Gasteiger partial charge in [-0.2, -0.15) is 0 Å². The fourth-order valence-electron chi connectivity index (χ4n) is 2.45. The summed E-state index contributed by atoms with van der Waals surface area (Å²) in [5.41, 5.74) is 0. The lowest BCUT2D eigenvalue weighted by atomic mass is 10.0. The first kappa shape index (κ1) is 17.7. The fraction of sp³-hybridized carbons (Fsp3) is 0.882. The molecule has 1 nitrogen and oxygen atoms in total. The first-order valence-electron chi connectivity index (χ1n) is 8.13. The minimum atomic E-state index is 0.701. The van der Waals surface area contributed by atoms with Crippen LogP contribution in [0.5, 0.6) is 0 Å². The molecule has 0 spiro atoms. The first-order chi connectivity index (χ1) is 8.85. The van der Waals surface area contributed by atoms with Gasteiger partial charge in [0.15, 0.2) is 0 Å². The van der Waals surface area contributed by atoms with E-state index in [1.54, 1.807) is 0 Å². The van der Waals surface area contributed by atoms with E-state index in [2.05, 4.69) is 25.9 Å². The quantitative estimate of drug-likeness (QED) is 0.320. The summed E-state index contributed by atoms with van der Waals surface area (Å²) in [6.07, 6.45) is 18.6. The van der Waals surface area contributed by atoms with E-state index < -0.39 is 0 Å². The van der Waals surface area contributed by atoms with Gasteiger partial charge in [0.05, 0.1) is 0 Å². The molecule has 0 aliphatic rings. The molecule has 1 unspecified atom stereocenters. The highest BCUT2D eigenvalue weighted by Gasteiger charge is 2.03. The molecule has 0 saturated carbocycles. The Kier molecular flexibility index (Phi) is 14.5. The van der Waals surface area contributed by atoms with Crippen molar-refractivity contribution in [1.82, 2.24) is 5.32 Å². The van der Waals surface area contributed by atoms with Crippen molar-refractivity contribution < 1.29 is 0 Å². The summed E-state index contributed by atoms with van der Waals surface area (Å²) in [5.74, 6) is 0. The molecule has 1 atom stereocenters. The molecule has 0 rings (SSSR count). The second kappa shape index (κ2) is 14.8. The van der Waals surface area contributed by atoms with Crippen LogP contribution in [0.15, 0.2) is 12.7 Å². The lowest BCUT2D eigenvalue weighted by molar-refractivity contribution is 0.459. The molecule has 1 heteroatoms. The van der Waals surface area contributed by atoms with Gasteiger partial charge in [-0.25, -0.2) is 0 Å². The molecule has 108 valence electrons. The molecule has 0 fully saturated rings. The summed E-state index contributed by atoms with van der Waals surface area (Å²) < 4.78 is 0. The van der Waals surface area contributed by atoms with E-state index in [0.29, 0.717) is 6.04 Å². The SMILES string of the molecule is C=CCCC(CCCCCCCCCCC)NC. The zero-order valence-corrected chi connectivity index (χ0v) is 12.8. The third kappa shape index (κ3) is 12.2. The Bertz CT molecular complexity index is 165. The standard InChI is InChI=1S/C17H35N/c1-4-6-8-9-10-11-12-13-14-16-17(18-3)15-7-5-2/h5,17-18H,2,4,6-16H2,1,3H3. The van der Waals surface area contributed by atoms with E-state index in [4.69, 9.17) is 0 Å². The third-order valence-electron chi connectivity index (χ3n) is 3.78. The average Bonchev–Trinajstić information content (AvgIpc) is 2.40. The maximum Gasteiger partial charge on any atom is 0.00670 e. The van der Waals surface area contributed by atoms with Gasteiger partial charge in [0, 0.05) is 6.04 Å². The highest BCUT2D eigenvalue weighted by Crippen LogP contribution is 2.12. The molecule has 0 aromatic heterocycles. The molecule has 0 aromatic rings. The molecule has 1 N–H and O–H groups in total. The van der Waals surface area contributed by atoms with Gasteiger partial charge in [-0.1, -0.05) is 70.8 Å². The predicted octanol–water partition coefficient (Wildman–Crippen LogP) is 5.46. The van der Waals surface area contributed by atoms with Crippen LogP contribution in [-0.4, -0.2) is 13.1 Å². The number of hydrogen-bond acceptors (Lipinski definition) is 1. The molecule has 0 amide bonds. The van der Waals surface area contributed by atoms with Crippen LogP contribution in [0, 0.1) is 0 Å². The molecule has 0 bridgehead atoms. The molecule has 18 heavy (non-hydrogen) atoms. The second-order valence-corrected chi connectivity index (χ2v) is 5.47. The molecule has 0 radical (unpaired) electrons. The molecule has 0 aromatic carbocycles. The number of hydrogen-bond donors (Lipinski definition) is 1. The molecule has 0 aliphatic heterocycles. The van der Waals surface area contributed by atoms with Crippen LogP contribution in [0.2, 0.25) is 0 Å². The van der Waals surface area contributed by atoms with Crippen molar-refractivity contribution in [3.63, 3.8) is 0 Å². The first-order valence-corrected chi connectivity index (χ1v) is 8.13. The van der Waals surface area contributed by atoms with Crippen molar-refractivity contribution in [2.45, 2.75) is 90.0 Å². The Labute approximate surface area is 115 Å². The molecule has 0 saturated heterocycles. The lowest BCUT2D eigenvalue weighted by Gasteiger charge is -2.14. The van der Waals surface area contributed by atoms with Crippen LogP contribution in [0.1, 0.15) is 84.0 Å². The molecular formula is C17H35N. The maximum absolute atomic E-state index is 3.79. The Morgan fingerprint density at radius 2 is 1.44 bits per heavy atom. The van der Waals surface area contributed by atoms with E-state index in [1.165, 1.54) is 70.6 Å². The van der Waals surface area contributed by atoms with E-state index in [-0.39, 0.29) is 0 Å². The van der Waals surface area contributed by atoms with Crippen LogP contribution in [0.25, 0.3) is 0 Å². The van der Waals surface area contributed by atoms with Crippen molar-refractivity contribution in [3.05, 3.63) is 12.7 Å². The van der Waals surface area contributed by atoms with Crippen LogP contribution in [0.4, 0.5) is 0 Å². The minimum Gasteiger partial charge on any atom is -0.317 e. The molecule has 0 aliphatic carbocycles. The van der Waals surface area contributed by atoms with Gasteiger partial charge in [0.2, 0.25) is 0 Å². The lowest BCUT2D eigenvalue weighted by Crippen LogP contribution is -2.24. The van der Waals surface area contributed by atoms with Gasteiger partial charge in [-0.3, -0.25) is 0 Å². The van der Waals surface area contributed by atoms with Gasteiger partial charge >= 0.3 is 0 Å². The smallest absolute Gasteiger partial charge is 0.00670 e. The summed E-state index contributed by atoms with van der Waals surface area (Å²) in [4.78, 5) is 0. The van der Waals surface area contributed by atoms with E-state index >= 15 is 0 Å². The van der Waals surface area contributed by atoms with Crippen molar-refractivity contribution in [1.29, 1.82) is 0 Å². The Morgan fingerprint density at radius 3 is 1.94 bits per heavy atom. The summed E-state index contributed by atoms with van der Waals surface area (Å²) in [6, 6.07) is 0.701. The zero-order valence-electron chi connectivity index (χ0n) is 12.8.